The standard InChI is InChI=1S/C17H23N3O6S2/c1-3-12-11-27-16(19-12)17(8-9-18-14(21)10-15(22)26-2)7-5-4-6-13(17)20-28(23,24)25/h4-7,11,13,20H,3,8-10H2,1-2H3,(H,18,21)(H,23,24,25). The third-order valence-electron chi connectivity index (χ3n) is 4.34. The van der Waals surface area contributed by atoms with Crippen LogP contribution in [0.1, 0.15) is 30.5 Å². The van der Waals surface area contributed by atoms with E-state index in [1.807, 2.05) is 12.3 Å². The Morgan fingerprint density at radius 2 is 2.14 bits per heavy atom. The van der Waals surface area contributed by atoms with Crippen LogP contribution in [0.2, 0.25) is 0 Å². The number of hydrogen-bond acceptors (Lipinski definition) is 7. The molecule has 1 aromatic rings. The monoisotopic (exact) mass is 429 g/mol. The van der Waals surface area contributed by atoms with E-state index in [-0.39, 0.29) is 6.54 Å². The molecule has 2 rings (SSSR count). The number of amides is 1. The molecule has 2 unspecified atom stereocenters. The lowest BCUT2D eigenvalue weighted by molar-refractivity contribution is -0.143. The van der Waals surface area contributed by atoms with Gasteiger partial charge in [-0.25, -0.2) is 4.98 Å². The second-order valence-electron chi connectivity index (χ2n) is 6.21. The summed E-state index contributed by atoms with van der Waals surface area (Å²) in [5.74, 6) is -1.14. The molecule has 9 nitrogen and oxygen atoms in total. The summed E-state index contributed by atoms with van der Waals surface area (Å²) in [7, 11) is -3.27. The van der Waals surface area contributed by atoms with Crippen molar-refractivity contribution in [2.24, 2.45) is 0 Å². The first-order valence-electron chi connectivity index (χ1n) is 8.59. The molecule has 1 aromatic heterocycles. The van der Waals surface area contributed by atoms with Crippen LogP contribution in [0.25, 0.3) is 0 Å². The molecule has 1 amide bonds. The Kier molecular flexibility index (Phi) is 7.47. The van der Waals surface area contributed by atoms with Gasteiger partial charge < -0.3 is 10.1 Å². The molecule has 0 radical (unpaired) electrons. The van der Waals surface area contributed by atoms with Gasteiger partial charge in [-0.1, -0.05) is 31.2 Å². The van der Waals surface area contributed by atoms with Crippen molar-refractivity contribution in [1.29, 1.82) is 0 Å². The highest BCUT2D eigenvalue weighted by atomic mass is 32.2. The van der Waals surface area contributed by atoms with Gasteiger partial charge in [0, 0.05) is 11.9 Å². The Bertz CT molecular complexity index is 877. The summed E-state index contributed by atoms with van der Waals surface area (Å²) >= 11 is 1.38. The molecule has 1 heterocycles. The molecule has 0 saturated carbocycles. The van der Waals surface area contributed by atoms with Crippen LogP contribution in [0.4, 0.5) is 0 Å². The number of thiazole rings is 1. The van der Waals surface area contributed by atoms with Crippen LogP contribution in [0.15, 0.2) is 29.7 Å². The van der Waals surface area contributed by atoms with E-state index in [1.165, 1.54) is 18.4 Å². The predicted molar refractivity (Wildman–Crippen MR) is 104 cm³/mol. The van der Waals surface area contributed by atoms with Crippen molar-refractivity contribution in [2.45, 2.75) is 37.6 Å². The molecule has 1 aliphatic rings. The summed E-state index contributed by atoms with van der Waals surface area (Å²) in [5, 5.41) is 5.19. The minimum Gasteiger partial charge on any atom is -0.469 e. The molecule has 154 valence electrons. The Balaban J connectivity index is 2.26. The number of allylic oxidation sites excluding steroid dienone is 2. The molecule has 11 heteroatoms. The molecule has 0 spiro atoms. The Morgan fingerprint density at radius 1 is 1.39 bits per heavy atom. The van der Waals surface area contributed by atoms with Gasteiger partial charge in [0.2, 0.25) is 5.91 Å². The van der Waals surface area contributed by atoms with Crippen LogP contribution in [0.3, 0.4) is 0 Å². The number of carbonyl (C=O) groups excluding carboxylic acids is 2. The fourth-order valence-corrected chi connectivity index (χ4v) is 4.65. The van der Waals surface area contributed by atoms with Gasteiger partial charge in [-0.15, -0.1) is 11.3 Å². The van der Waals surface area contributed by atoms with E-state index in [9.17, 15) is 22.6 Å². The Morgan fingerprint density at radius 3 is 2.75 bits per heavy atom. The van der Waals surface area contributed by atoms with E-state index in [4.69, 9.17) is 0 Å². The first-order chi connectivity index (χ1) is 13.2. The maximum atomic E-state index is 11.8. The second-order valence-corrected chi connectivity index (χ2v) is 8.25. The van der Waals surface area contributed by atoms with Crippen LogP contribution in [0.5, 0.6) is 0 Å². The minimum atomic E-state index is -4.47. The first kappa shape index (κ1) is 22.2. The van der Waals surface area contributed by atoms with Crippen molar-refractivity contribution < 1.29 is 27.3 Å². The van der Waals surface area contributed by atoms with Gasteiger partial charge in [0.1, 0.15) is 11.4 Å². The highest BCUT2D eigenvalue weighted by Gasteiger charge is 2.42. The number of aryl methyl sites for hydroxylation is 1. The molecule has 28 heavy (non-hydrogen) atoms. The number of rotatable bonds is 9. The van der Waals surface area contributed by atoms with Crippen LogP contribution in [-0.2, 0) is 36.5 Å². The van der Waals surface area contributed by atoms with Crippen molar-refractivity contribution in [3.63, 3.8) is 0 Å². The molecule has 2 atom stereocenters. The third kappa shape index (κ3) is 5.71. The van der Waals surface area contributed by atoms with E-state index < -0.39 is 40.1 Å². The van der Waals surface area contributed by atoms with Crippen LogP contribution in [0, 0.1) is 0 Å². The number of carbonyl (C=O) groups is 2. The number of hydrogen-bond donors (Lipinski definition) is 3. The van der Waals surface area contributed by atoms with Gasteiger partial charge in [0.05, 0.1) is 24.3 Å². The minimum absolute atomic E-state index is 0.165. The number of ether oxygens (including phenoxy) is 1. The van der Waals surface area contributed by atoms with Gasteiger partial charge in [0.25, 0.3) is 0 Å². The van der Waals surface area contributed by atoms with Gasteiger partial charge in [0.15, 0.2) is 0 Å². The van der Waals surface area contributed by atoms with Gasteiger partial charge >= 0.3 is 16.3 Å². The average molecular weight is 430 g/mol. The summed E-state index contributed by atoms with van der Waals surface area (Å²) < 4.78 is 38.9. The van der Waals surface area contributed by atoms with E-state index in [1.54, 1.807) is 24.3 Å². The van der Waals surface area contributed by atoms with Crippen molar-refractivity contribution >= 4 is 33.5 Å². The normalized spacial score (nSPS) is 21.5. The topological polar surface area (TPSA) is 135 Å². The number of aromatic nitrogens is 1. The summed E-state index contributed by atoms with van der Waals surface area (Å²) in [4.78, 5) is 27.6. The molecular weight excluding hydrogens is 406 g/mol. The van der Waals surface area contributed by atoms with E-state index in [2.05, 4.69) is 19.8 Å². The molecule has 0 aromatic carbocycles. The van der Waals surface area contributed by atoms with Crippen molar-refractivity contribution in [3.05, 3.63) is 40.4 Å². The number of nitrogens with one attached hydrogen (secondary N) is 2. The zero-order chi connectivity index (χ0) is 20.8. The van der Waals surface area contributed by atoms with Crippen LogP contribution >= 0.6 is 11.3 Å². The van der Waals surface area contributed by atoms with Crippen molar-refractivity contribution in [2.75, 3.05) is 13.7 Å². The average Bonchev–Trinajstić information content (AvgIpc) is 3.11. The van der Waals surface area contributed by atoms with Gasteiger partial charge in [-0.05, 0) is 12.8 Å². The smallest absolute Gasteiger partial charge is 0.333 e. The lowest BCUT2D eigenvalue weighted by atomic mass is 9.75. The predicted octanol–water partition coefficient (Wildman–Crippen LogP) is 0.900. The summed E-state index contributed by atoms with van der Waals surface area (Å²) in [6.07, 6.45) is 7.49. The molecule has 0 fully saturated rings. The fraction of sp³-hybridized carbons (Fsp3) is 0.471. The summed E-state index contributed by atoms with van der Waals surface area (Å²) in [5.41, 5.74) is -0.0380. The maximum Gasteiger partial charge on any atom is 0.333 e. The third-order valence-corrected chi connectivity index (χ3v) is 5.98. The second kappa shape index (κ2) is 9.41. The quantitative estimate of drug-likeness (QED) is 0.301. The molecule has 0 saturated heterocycles. The molecule has 1 aliphatic carbocycles. The highest BCUT2D eigenvalue weighted by Crippen LogP contribution is 2.38. The summed E-state index contributed by atoms with van der Waals surface area (Å²) in [6.45, 7) is 2.13. The fourth-order valence-electron chi connectivity index (χ4n) is 2.89. The van der Waals surface area contributed by atoms with E-state index in [0.29, 0.717) is 11.4 Å². The largest absolute Gasteiger partial charge is 0.469 e. The maximum absolute atomic E-state index is 11.8. The number of nitrogens with zero attached hydrogens (tertiary/aromatic N) is 1. The molecular formula is C17H23N3O6S2. The number of methoxy groups -OCH3 is 1. The zero-order valence-corrected chi connectivity index (χ0v) is 17.2. The first-order valence-corrected chi connectivity index (χ1v) is 10.9. The Labute approximate surface area is 167 Å². The van der Waals surface area contributed by atoms with Gasteiger partial charge in [-0.2, -0.15) is 13.1 Å². The van der Waals surface area contributed by atoms with Gasteiger partial charge in [-0.3, -0.25) is 14.1 Å². The lowest BCUT2D eigenvalue weighted by Gasteiger charge is -2.36. The lowest BCUT2D eigenvalue weighted by Crippen LogP contribution is -2.50. The molecule has 3 N–H and O–H groups in total. The van der Waals surface area contributed by atoms with Crippen LogP contribution < -0.4 is 10.0 Å². The number of esters is 1. The highest BCUT2D eigenvalue weighted by molar-refractivity contribution is 7.83. The zero-order valence-electron chi connectivity index (χ0n) is 15.5. The SMILES string of the molecule is CCc1csc(C2(CCNC(=O)CC(=O)OC)C=CC=CC2NS(=O)(=O)O)n1. The van der Waals surface area contributed by atoms with Crippen LogP contribution in [-0.4, -0.2) is 49.5 Å². The molecule has 0 aliphatic heterocycles. The summed E-state index contributed by atoms with van der Waals surface area (Å²) in [6, 6.07) is -0.791. The van der Waals surface area contributed by atoms with Crippen molar-refractivity contribution in [1.82, 2.24) is 15.0 Å². The van der Waals surface area contributed by atoms with Crippen molar-refractivity contribution in [3.8, 4) is 0 Å². The Hall–Kier alpha value is -2.08. The van der Waals surface area contributed by atoms with E-state index in [0.717, 1.165) is 12.1 Å². The molecule has 0 bridgehead atoms. The van der Waals surface area contributed by atoms with E-state index >= 15 is 0 Å².